The lowest BCUT2D eigenvalue weighted by Gasteiger charge is -2.15. The number of para-hydroxylation sites is 2. The van der Waals surface area contributed by atoms with Gasteiger partial charge in [0.25, 0.3) is 5.91 Å². The number of hydrogen-bond acceptors (Lipinski definition) is 17. The molecule has 0 unspecified atom stereocenters. The minimum Gasteiger partial charge on any atom is -0.507 e. The highest BCUT2D eigenvalue weighted by Crippen LogP contribution is 2.33. The van der Waals surface area contributed by atoms with Crippen LogP contribution >= 0.6 is 0 Å². The van der Waals surface area contributed by atoms with E-state index in [0.29, 0.717) is 127 Å². The Bertz CT molecular complexity index is 2650. The number of phenolic OH excluding ortho intramolecular Hbond substituents is 2. The molecule has 450 valence electrons. The normalized spacial score (nSPS) is 10.8. The number of carbonyl (C=O) groups excluding carboxylic acids is 8. The number of benzene rings is 3. The van der Waals surface area contributed by atoms with Crippen molar-refractivity contribution in [3.63, 3.8) is 0 Å². The minimum atomic E-state index is -0.558. The Morgan fingerprint density at radius 3 is 1.44 bits per heavy atom. The lowest BCUT2D eigenvalue weighted by Crippen LogP contribution is -2.31. The summed E-state index contributed by atoms with van der Waals surface area (Å²) in [4.78, 5) is 99.1. The molecule has 0 radical (unpaired) electrons. The fourth-order valence-electron chi connectivity index (χ4n) is 7.79. The van der Waals surface area contributed by atoms with Crippen LogP contribution in [0.15, 0.2) is 72.8 Å². The largest absolute Gasteiger partial charge is 0.507 e. The second kappa shape index (κ2) is 37.9. The molecular formula is C58H83N9O15. The van der Waals surface area contributed by atoms with Gasteiger partial charge < -0.3 is 35.6 Å². The van der Waals surface area contributed by atoms with Crippen molar-refractivity contribution in [2.45, 2.75) is 156 Å². The summed E-state index contributed by atoms with van der Waals surface area (Å²) in [5, 5.41) is 64.5. The maximum atomic E-state index is 12.6. The number of ether oxygens (including phenoxy) is 2. The van der Waals surface area contributed by atoms with E-state index < -0.39 is 17.7 Å². The number of nitrogens with one attached hydrogen (secondary N) is 3. The van der Waals surface area contributed by atoms with Crippen LogP contribution in [-0.2, 0) is 43.0 Å². The highest BCUT2D eigenvalue weighted by atomic mass is 16.5. The van der Waals surface area contributed by atoms with Crippen LogP contribution in [0.4, 0.5) is 0 Å². The van der Waals surface area contributed by atoms with Gasteiger partial charge in [0.1, 0.15) is 11.5 Å². The van der Waals surface area contributed by atoms with E-state index in [1.807, 2.05) is 0 Å². The van der Waals surface area contributed by atoms with E-state index in [-0.39, 0.29) is 111 Å². The first-order valence-corrected chi connectivity index (χ1v) is 28.0. The maximum absolute atomic E-state index is 12.6. The van der Waals surface area contributed by atoms with Crippen molar-refractivity contribution in [1.29, 1.82) is 0 Å². The minimum absolute atomic E-state index is 0.0352. The molecular weight excluding hydrogens is 1060 g/mol. The highest BCUT2D eigenvalue weighted by molar-refractivity contribution is 5.94. The van der Waals surface area contributed by atoms with Gasteiger partial charge in [0, 0.05) is 90.3 Å². The fourth-order valence-corrected chi connectivity index (χ4v) is 7.79. The summed E-state index contributed by atoms with van der Waals surface area (Å²) in [7, 11) is 0. The van der Waals surface area contributed by atoms with Crippen LogP contribution in [0.1, 0.15) is 154 Å². The van der Waals surface area contributed by atoms with E-state index in [1.165, 1.54) is 6.92 Å². The fraction of sp³-hybridized carbons (Fsp3) is 0.517. The van der Waals surface area contributed by atoms with Gasteiger partial charge in [-0.1, -0.05) is 37.1 Å². The molecule has 82 heavy (non-hydrogen) atoms. The van der Waals surface area contributed by atoms with E-state index in [4.69, 9.17) is 9.47 Å². The van der Waals surface area contributed by atoms with E-state index in [1.54, 1.807) is 105 Å². The molecule has 24 nitrogen and oxygen atoms in total. The first kappa shape index (κ1) is 68.3. The topological polar surface area (TPSA) is 333 Å². The van der Waals surface area contributed by atoms with E-state index >= 15 is 0 Å². The molecule has 0 aliphatic carbocycles. The van der Waals surface area contributed by atoms with Gasteiger partial charge in [0.15, 0.2) is 11.6 Å². The third-order valence-electron chi connectivity index (χ3n) is 12.2. The zero-order valence-corrected chi connectivity index (χ0v) is 47.8. The third-order valence-corrected chi connectivity index (χ3v) is 12.2. The quantitative estimate of drug-likeness (QED) is 0.00979. The van der Waals surface area contributed by atoms with E-state index in [9.17, 15) is 64.2 Å². The first-order chi connectivity index (χ1) is 39.2. The molecule has 1 aromatic heterocycles. The number of unbranched alkanes of at least 4 members (excludes halogenated alkanes) is 7. The molecule has 24 heteroatoms. The number of amides is 6. The Balaban J connectivity index is 0.000000436. The molecule has 0 spiro atoms. The van der Waals surface area contributed by atoms with Crippen molar-refractivity contribution in [3.8, 4) is 40.0 Å². The predicted octanol–water partition coefficient (Wildman–Crippen LogP) is 7.17. The van der Waals surface area contributed by atoms with Crippen molar-refractivity contribution in [2.75, 3.05) is 39.3 Å². The van der Waals surface area contributed by atoms with Crippen molar-refractivity contribution in [2.24, 2.45) is 0 Å². The summed E-state index contributed by atoms with van der Waals surface area (Å²) in [5.41, 5.74) is 1.97. The smallest absolute Gasteiger partial charge is 0.306 e. The van der Waals surface area contributed by atoms with Gasteiger partial charge in [-0.25, -0.2) is 24.9 Å². The number of hydrogen-bond donors (Lipinski definition) is 8. The number of nitrogens with zero attached hydrogens (tertiary/aromatic N) is 6. The summed E-state index contributed by atoms with van der Waals surface area (Å²) in [6, 6.07) is 20.3. The second-order valence-electron chi connectivity index (χ2n) is 19.9. The zero-order chi connectivity index (χ0) is 60.4. The second-order valence-corrected chi connectivity index (χ2v) is 19.9. The molecule has 8 N–H and O–H groups in total. The van der Waals surface area contributed by atoms with Gasteiger partial charge in [-0.2, -0.15) is 0 Å². The molecule has 0 aliphatic rings. The molecule has 4 aromatic rings. The SMILES string of the molecule is CC(=O)N(O)CCCCCNC(=O)CCC(=O)N(O)CCCCCNC(=O)CCC(=O)N(O)CCCCCCC(=O)OC(C)C.CC(C)OC(=O)CCCNC(=O)c1ccc(-n2nc(-c3ccccc3O)nc2-c2ccccc2O)cc1. The maximum Gasteiger partial charge on any atom is 0.306 e. The number of carbonyl (C=O) groups is 8. The molecule has 0 saturated heterocycles. The van der Waals surface area contributed by atoms with Gasteiger partial charge in [0.05, 0.1) is 29.0 Å². The van der Waals surface area contributed by atoms with E-state index in [0.717, 1.165) is 12.8 Å². The van der Waals surface area contributed by atoms with Gasteiger partial charge in [0.2, 0.25) is 29.5 Å². The summed E-state index contributed by atoms with van der Waals surface area (Å²) in [6.45, 7) is 10.1. The monoisotopic (exact) mass is 1150 g/mol. The standard InChI is InChI=1S/C30H55N5O10.C28H28N4O5/c1-24(2)45-30(41)14-8-4-5-11-22-34(43)28(39)17-15-27(38)32-20-10-7-13-23-35(44)29(40)18-16-26(37)31-19-9-6-12-21-33(42)25(3)36;1-18(2)37-25(35)12-7-17-29-28(36)19-13-15-20(16-14-19)32-27(22-9-4-6-11-24(22)34)30-26(31-32)21-8-3-5-10-23(21)33/h24,42-44H,4-23H2,1-3H3,(H,31,37)(H,32,38);3-6,8-11,13-16,18,33-34H,7,12,17H2,1-2H3,(H,29,36). The summed E-state index contributed by atoms with van der Waals surface area (Å²) in [5.74, 6) is -2.18. The molecule has 3 aromatic carbocycles. The van der Waals surface area contributed by atoms with Crippen LogP contribution < -0.4 is 16.0 Å². The Kier molecular flexibility index (Phi) is 31.6. The Hall–Kier alpha value is -7.96. The molecule has 0 atom stereocenters. The number of phenols is 2. The van der Waals surface area contributed by atoms with E-state index in [2.05, 4.69) is 26.0 Å². The van der Waals surface area contributed by atoms with Gasteiger partial charge in [-0.3, -0.25) is 54.0 Å². The van der Waals surface area contributed by atoms with Crippen LogP contribution in [0, 0.1) is 0 Å². The zero-order valence-electron chi connectivity index (χ0n) is 47.8. The van der Waals surface area contributed by atoms with Gasteiger partial charge in [-0.15, -0.1) is 5.10 Å². The van der Waals surface area contributed by atoms with Crippen molar-refractivity contribution in [1.82, 2.24) is 45.9 Å². The number of rotatable bonds is 35. The number of aromatic nitrogens is 3. The third kappa shape index (κ3) is 27.0. The molecule has 0 aliphatic heterocycles. The average Bonchev–Trinajstić information content (AvgIpc) is 3.95. The van der Waals surface area contributed by atoms with Crippen LogP contribution in [0.25, 0.3) is 28.5 Å². The van der Waals surface area contributed by atoms with Crippen LogP contribution in [-0.4, -0.2) is 155 Å². The number of hydroxylamine groups is 6. The van der Waals surface area contributed by atoms with Crippen LogP contribution in [0.2, 0.25) is 0 Å². The molecule has 0 saturated carbocycles. The highest BCUT2D eigenvalue weighted by Gasteiger charge is 2.20. The number of esters is 2. The van der Waals surface area contributed by atoms with Crippen LogP contribution in [0.5, 0.6) is 11.5 Å². The number of aromatic hydroxyl groups is 2. The molecule has 6 amide bonds. The Labute approximate surface area is 479 Å². The molecule has 0 bridgehead atoms. The summed E-state index contributed by atoms with van der Waals surface area (Å²) >= 11 is 0. The lowest BCUT2D eigenvalue weighted by atomic mass is 10.1. The van der Waals surface area contributed by atoms with Crippen molar-refractivity contribution in [3.05, 3.63) is 78.4 Å². The first-order valence-electron chi connectivity index (χ1n) is 28.0. The summed E-state index contributed by atoms with van der Waals surface area (Å²) in [6.07, 6.45) is 6.93. The molecule has 0 fully saturated rings. The van der Waals surface area contributed by atoms with Crippen molar-refractivity contribution >= 4 is 47.4 Å². The Morgan fingerprint density at radius 1 is 0.512 bits per heavy atom. The van der Waals surface area contributed by atoms with Gasteiger partial charge >= 0.3 is 11.9 Å². The Morgan fingerprint density at radius 2 is 0.951 bits per heavy atom. The predicted molar refractivity (Wildman–Crippen MR) is 301 cm³/mol. The lowest BCUT2D eigenvalue weighted by molar-refractivity contribution is -0.166. The molecule has 1 heterocycles. The van der Waals surface area contributed by atoms with Gasteiger partial charge in [-0.05, 0) is 134 Å². The van der Waals surface area contributed by atoms with Crippen molar-refractivity contribution < 1.29 is 73.7 Å². The summed E-state index contributed by atoms with van der Waals surface area (Å²) < 4.78 is 11.7. The molecule has 4 rings (SSSR count). The van der Waals surface area contributed by atoms with Crippen LogP contribution in [0.3, 0.4) is 0 Å². The average molecular weight is 1150 g/mol.